The van der Waals surface area contributed by atoms with Gasteiger partial charge < -0.3 is 5.11 Å². The summed E-state index contributed by atoms with van der Waals surface area (Å²) in [6.45, 7) is 0. The van der Waals surface area contributed by atoms with Gasteiger partial charge in [-0.25, -0.2) is 9.78 Å². The SMILES string of the molecule is O=C(O)c1cc(Sc2ncccc2[N+](=O)[O-])ccc1Br. The highest BCUT2D eigenvalue weighted by atomic mass is 79.9. The minimum Gasteiger partial charge on any atom is -0.478 e. The molecule has 2 rings (SSSR count). The normalized spacial score (nSPS) is 10.2. The number of halogens is 1. The van der Waals surface area contributed by atoms with Crippen LogP contribution in [0, 0.1) is 10.1 Å². The predicted molar refractivity (Wildman–Crippen MR) is 76.1 cm³/mol. The molecule has 1 heterocycles. The number of aromatic nitrogens is 1. The molecular weight excluding hydrogens is 348 g/mol. The Labute approximate surface area is 126 Å². The van der Waals surface area contributed by atoms with Crippen molar-refractivity contribution in [1.82, 2.24) is 4.98 Å². The number of nitrogens with zero attached hydrogens (tertiary/aromatic N) is 2. The number of pyridine rings is 1. The summed E-state index contributed by atoms with van der Waals surface area (Å²) >= 11 is 4.19. The first-order valence-corrected chi connectivity index (χ1v) is 6.90. The molecule has 0 bridgehead atoms. The fourth-order valence-electron chi connectivity index (χ4n) is 1.44. The van der Waals surface area contributed by atoms with Crippen LogP contribution >= 0.6 is 27.7 Å². The molecule has 0 aliphatic rings. The zero-order valence-corrected chi connectivity index (χ0v) is 12.2. The minimum atomic E-state index is -1.07. The van der Waals surface area contributed by atoms with Crippen molar-refractivity contribution in [3.8, 4) is 0 Å². The Morgan fingerprint density at radius 3 is 2.80 bits per heavy atom. The molecule has 0 unspecified atom stereocenters. The van der Waals surface area contributed by atoms with E-state index in [1.165, 1.54) is 24.4 Å². The Morgan fingerprint density at radius 2 is 2.15 bits per heavy atom. The van der Waals surface area contributed by atoms with Gasteiger partial charge >= 0.3 is 11.7 Å². The lowest BCUT2D eigenvalue weighted by molar-refractivity contribution is -0.388. The summed E-state index contributed by atoms with van der Waals surface area (Å²) in [5.41, 5.74) is -0.0223. The molecule has 0 saturated heterocycles. The number of hydrogen-bond donors (Lipinski definition) is 1. The highest BCUT2D eigenvalue weighted by molar-refractivity contribution is 9.10. The maximum absolute atomic E-state index is 11.0. The number of hydrogen-bond acceptors (Lipinski definition) is 5. The zero-order chi connectivity index (χ0) is 14.7. The van der Waals surface area contributed by atoms with Gasteiger partial charge in [0.2, 0.25) is 0 Å². The standard InChI is InChI=1S/C12H7BrN2O4S/c13-9-4-3-7(6-8(9)12(16)17)20-11-10(15(18)19)2-1-5-14-11/h1-6H,(H,16,17). The van der Waals surface area contributed by atoms with Gasteiger partial charge in [-0.05, 0) is 40.2 Å². The van der Waals surface area contributed by atoms with Crippen molar-refractivity contribution in [2.45, 2.75) is 9.92 Å². The van der Waals surface area contributed by atoms with Crippen molar-refractivity contribution in [3.63, 3.8) is 0 Å². The first-order chi connectivity index (χ1) is 9.49. The van der Waals surface area contributed by atoms with Gasteiger partial charge in [-0.3, -0.25) is 10.1 Å². The van der Waals surface area contributed by atoms with Gasteiger partial charge in [0, 0.05) is 21.6 Å². The maximum Gasteiger partial charge on any atom is 0.336 e. The molecule has 0 spiro atoms. The molecule has 0 saturated carbocycles. The molecule has 8 heteroatoms. The lowest BCUT2D eigenvalue weighted by atomic mass is 10.2. The number of aromatic carboxylic acids is 1. The second kappa shape index (κ2) is 6.02. The molecular formula is C12H7BrN2O4S. The van der Waals surface area contributed by atoms with Crippen LogP contribution in [0.1, 0.15) is 10.4 Å². The third-order valence-corrected chi connectivity index (χ3v) is 4.02. The highest BCUT2D eigenvalue weighted by Gasteiger charge is 2.16. The van der Waals surface area contributed by atoms with Crippen LogP contribution in [0.4, 0.5) is 5.69 Å². The summed E-state index contributed by atoms with van der Waals surface area (Å²) in [4.78, 5) is 25.9. The summed E-state index contributed by atoms with van der Waals surface area (Å²) < 4.78 is 0.449. The quantitative estimate of drug-likeness (QED) is 0.665. The summed E-state index contributed by atoms with van der Waals surface area (Å²) in [7, 11) is 0. The van der Waals surface area contributed by atoms with E-state index < -0.39 is 10.9 Å². The summed E-state index contributed by atoms with van der Waals surface area (Å²) in [5, 5.41) is 20.1. The number of benzene rings is 1. The molecule has 0 atom stereocenters. The fourth-order valence-corrected chi connectivity index (χ4v) is 2.76. The van der Waals surface area contributed by atoms with E-state index in [-0.39, 0.29) is 16.3 Å². The van der Waals surface area contributed by atoms with Crippen molar-refractivity contribution >= 4 is 39.3 Å². The monoisotopic (exact) mass is 354 g/mol. The van der Waals surface area contributed by atoms with E-state index in [4.69, 9.17) is 5.11 Å². The van der Waals surface area contributed by atoms with Crippen LogP contribution in [-0.2, 0) is 0 Å². The first-order valence-electron chi connectivity index (χ1n) is 5.29. The van der Waals surface area contributed by atoms with Gasteiger partial charge in [0.15, 0.2) is 5.03 Å². The Kier molecular flexibility index (Phi) is 4.35. The van der Waals surface area contributed by atoms with Crippen LogP contribution in [0.25, 0.3) is 0 Å². The van der Waals surface area contributed by atoms with Crippen molar-refractivity contribution in [3.05, 3.63) is 56.7 Å². The third kappa shape index (κ3) is 3.14. The molecule has 0 fully saturated rings. The third-order valence-electron chi connectivity index (χ3n) is 2.33. The van der Waals surface area contributed by atoms with Crippen molar-refractivity contribution in [2.75, 3.05) is 0 Å². The zero-order valence-electron chi connectivity index (χ0n) is 9.82. The Morgan fingerprint density at radius 1 is 1.40 bits per heavy atom. The topological polar surface area (TPSA) is 93.3 Å². The Bertz CT molecular complexity index is 693. The van der Waals surface area contributed by atoms with Gasteiger partial charge in [-0.15, -0.1) is 0 Å². The lowest BCUT2D eigenvalue weighted by Gasteiger charge is -2.04. The number of rotatable bonds is 4. The van der Waals surface area contributed by atoms with Gasteiger partial charge in [-0.1, -0.05) is 11.8 Å². The molecule has 6 nitrogen and oxygen atoms in total. The molecule has 0 aliphatic carbocycles. The maximum atomic E-state index is 11.0. The second-order valence-electron chi connectivity index (χ2n) is 3.63. The average Bonchev–Trinajstić information content (AvgIpc) is 2.41. The van der Waals surface area contributed by atoms with Gasteiger partial charge in [0.1, 0.15) is 0 Å². The lowest BCUT2D eigenvalue weighted by Crippen LogP contribution is -1.98. The van der Waals surface area contributed by atoms with Gasteiger partial charge in [0.05, 0.1) is 10.5 Å². The van der Waals surface area contributed by atoms with E-state index >= 15 is 0 Å². The molecule has 0 amide bonds. The fraction of sp³-hybridized carbons (Fsp3) is 0. The molecule has 1 aromatic carbocycles. The largest absolute Gasteiger partial charge is 0.478 e. The summed E-state index contributed by atoms with van der Waals surface area (Å²) in [6.07, 6.45) is 1.45. The Balaban J connectivity index is 2.38. The van der Waals surface area contributed by atoms with Crippen LogP contribution in [0.2, 0.25) is 0 Å². The number of nitro groups is 1. The van der Waals surface area contributed by atoms with E-state index in [0.29, 0.717) is 9.37 Å². The number of carboxylic acid groups (broad SMARTS) is 1. The van der Waals surface area contributed by atoms with E-state index in [9.17, 15) is 14.9 Å². The molecule has 102 valence electrons. The van der Waals surface area contributed by atoms with Crippen LogP contribution < -0.4 is 0 Å². The predicted octanol–water partition coefficient (Wildman–Crippen LogP) is 3.60. The molecule has 0 aliphatic heterocycles. The number of carboxylic acids is 1. The van der Waals surface area contributed by atoms with Crippen molar-refractivity contribution < 1.29 is 14.8 Å². The van der Waals surface area contributed by atoms with Crippen LogP contribution in [0.3, 0.4) is 0 Å². The Hall–Kier alpha value is -1.93. The average molecular weight is 355 g/mol. The molecule has 0 radical (unpaired) electrons. The van der Waals surface area contributed by atoms with Gasteiger partial charge in [0.25, 0.3) is 0 Å². The first kappa shape index (κ1) is 14.5. The van der Waals surface area contributed by atoms with E-state index in [1.54, 1.807) is 12.1 Å². The molecule has 2 aromatic rings. The molecule has 1 aromatic heterocycles. The molecule has 20 heavy (non-hydrogen) atoms. The van der Waals surface area contributed by atoms with Crippen LogP contribution in [0.5, 0.6) is 0 Å². The van der Waals surface area contributed by atoms with E-state index in [2.05, 4.69) is 20.9 Å². The van der Waals surface area contributed by atoms with Crippen LogP contribution in [-0.4, -0.2) is 21.0 Å². The molecule has 1 N–H and O–H groups in total. The second-order valence-corrected chi connectivity index (χ2v) is 5.55. The van der Waals surface area contributed by atoms with Crippen molar-refractivity contribution in [2.24, 2.45) is 0 Å². The number of carbonyl (C=O) groups is 1. The van der Waals surface area contributed by atoms with E-state index in [0.717, 1.165) is 11.8 Å². The van der Waals surface area contributed by atoms with Gasteiger partial charge in [-0.2, -0.15) is 0 Å². The van der Waals surface area contributed by atoms with Crippen LogP contribution in [0.15, 0.2) is 50.9 Å². The van der Waals surface area contributed by atoms with Crippen molar-refractivity contribution in [1.29, 1.82) is 0 Å². The summed E-state index contributed by atoms with van der Waals surface area (Å²) in [5.74, 6) is -1.07. The minimum absolute atomic E-state index is 0.0913. The summed E-state index contributed by atoms with van der Waals surface area (Å²) in [6, 6.07) is 7.52. The van der Waals surface area contributed by atoms with E-state index in [1.807, 2.05) is 0 Å². The highest BCUT2D eigenvalue weighted by Crippen LogP contribution is 2.34. The smallest absolute Gasteiger partial charge is 0.336 e.